The predicted molar refractivity (Wildman–Crippen MR) is 118 cm³/mol. The molecule has 0 spiro atoms. The monoisotopic (exact) mass is 405 g/mol. The second kappa shape index (κ2) is 10.1. The van der Waals surface area contributed by atoms with Gasteiger partial charge >= 0.3 is 0 Å². The number of nitrogens with one attached hydrogen (secondary N) is 1. The Morgan fingerprint density at radius 3 is 2.34 bits per heavy atom. The van der Waals surface area contributed by atoms with Crippen LogP contribution in [0.1, 0.15) is 86.5 Å². The van der Waals surface area contributed by atoms with Crippen molar-refractivity contribution < 1.29 is 9.18 Å². The Balaban J connectivity index is 2.00. The van der Waals surface area contributed by atoms with Gasteiger partial charge in [0.2, 0.25) is 5.91 Å². The van der Waals surface area contributed by atoms with Gasteiger partial charge in [0.25, 0.3) is 0 Å². The number of hydrogen-bond acceptors (Lipinski definition) is 3. The molecular weight excluding hydrogens is 365 g/mol. The van der Waals surface area contributed by atoms with Gasteiger partial charge in [0.15, 0.2) is 12.1 Å². The summed E-state index contributed by atoms with van der Waals surface area (Å²) < 4.78 is 14.7. The molecule has 1 saturated carbocycles. The van der Waals surface area contributed by atoms with E-state index in [0.29, 0.717) is 0 Å². The summed E-state index contributed by atoms with van der Waals surface area (Å²) in [7, 11) is 0. The van der Waals surface area contributed by atoms with Crippen molar-refractivity contribution in [1.29, 1.82) is 0 Å². The van der Waals surface area contributed by atoms with Crippen LogP contribution < -0.4 is 5.32 Å². The van der Waals surface area contributed by atoms with Gasteiger partial charge in [-0.3, -0.25) is 9.69 Å². The van der Waals surface area contributed by atoms with Crippen LogP contribution in [-0.2, 0) is 4.79 Å². The third kappa shape index (κ3) is 6.54. The SMILES string of the molecule is CCCC#CC(/N=C(/F)CC(=O)NC1C(C)(C)CC1(C)C)N1CCC(CC)CC1. The number of piperidine rings is 1. The summed E-state index contributed by atoms with van der Waals surface area (Å²) in [6.45, 7) is 14.7. The van der Waals surface area contributed by atoms with E-state index in [1.165, 1.54) is 6.42 Å². The zero-order chi connectivity index (χ0) is 21.7. The van der Waals surface area contributed by atoms with Crippen LogP contribution in [0, 0.1) is 28.6 Å². The number of halogens is 1. The highest BCUT2D eigenvalue weighted by molar-refractivity contribution is 5.96. The van der Waals surface area contributed by atoms with Gasteiger partial charge in [-0.15, -0.1) is 0 Å². The Hall–Kier alpha value is -1.41. The molecule has 1 atom stereocenters. The molecule has 4 nitrogen and oxygen atoms in total. The van der Waals surface area contributed by atoms with Crippen LogP contribution in [0.5, 0.6) is 0 Å². The number of carbonyl (C=O) groups is 1. The molecule has 2 aliphatic rings. The quantitative estimate of drug-likeness (QED) is 0.482. The van der Waals surface area contributed by atoms with Gasteiger partial charge in [-0.2, -0.15) is 4.39 Å². The van der Waals surface area contributed by atoms with Crippen LogP contribution in [0.25, 0.3) is 0 Å². The number of aliphatic imine (C=N–C) groups is 1. The van der Waals surface area contributed by atoms with Crippen LogP contribution in [-0.4, -0.2) is 42.1 Å². The minimum atomic E-state index is -0.620. The number of likely N-dealkylation sites (tertiary alicyclic amines) is 1. The van der Waals surface area contributed by atoms with E-state index in [9.17, 15) is 9.18 Å². The zero-order valence-electron chi connectivity index (χ0n) is 19.3. The van der Waals surface area contributed by atoms with Crippen LogP contribution in [0.3, 0.4) is 0 Å². The number of carbonyl (C=O) groups excluding carboxylic acids is 1. The van der Waals surface area contributed by atoms with Crippen molar-refractivity contribution in [3.8, 4) is 11.8 Å². The zero-order valence-corrected chi connectivity index (χ0v) is 19.3. The molecule has 1 heterocycles. The molecule has 0 aromatic rings. The van der Waals surface area contributed by atoms with Crippen molar-refractivity contribution in [3.05, 3.63) is 0 Å². The lowest BCUT2D eigenvalue weighted by molar-refractivity contribution is -0.128. The highest BCUT2D eigenvalue weighted by Crippen LogP contribution is 2.53. The summed E-state index contributed by atoms with van der Waals surface area (Å²) in [5.74, 6) is 6.09. The molecule has 0 bridgehead atoms. The number of amides is 1. The minimum absolute atomic E-state index is 0.0462. The highest BCUT2D eigenvalue weighted by atomic mass is 19.1. The van der Waals surface area contributed by atoms with Gasteiger partial charge in [-0.1, -0.05) is 59.8 Å². The summed E-state index contributed by atoms with van der Waals surface area (Å²) in [5, 5.41) is 3.04. The molecule has 1 N–H and O–H groups in total. The Morgan fingerprint density at radius 2 is 1.83 bits per heavy atom. The number of nitrogens with zero attached hydrogens (tertiary/aromatic N) is 2. The summed E-state index contributed by atoms with van der Waals surface area (Å²) >= 11 is 0. The molecule has 1 aliphatic heterocycles. The Labute approximate surface area is 177 Å². The van der Waals surface area contributed by atoms with Gasteiger partial charge in [-0.05, 0) is 42.4 Å². The molecule has 1 unspecified atom stereocenters. The lowest BCUT2D eigenvalue weighted by Crippen LogP contribution is -2.63. The van der Waals surface area contributed by atoms with Gasteiger partial charge in [0.05, 0.1) is 6.42 Å². The van der Waals surface area contributed by atoms with Crippen molar-refractivity contribution in [2.24, 2.45) is 21.7 Å². The summed E-state index contributed by atoms with van der Waals surface area (Å²) in [5.41, 5.74) is 0.0924. The highest BCUT2D eigenvalue weighted by Gasteiger charge is 2.53. The predicted octanol–water partition coefficient (Wildman–Crippen LogP) is 4.94. The van der Waals surface area contributed by atoms with E-state index in [1.54, 1.807) is 0 Å². The first kappa shape index (κ1) is 23.9. The van der Waals surface area contributed by atoms with Crippen molar-refractivity contribution >= 4 is 11.9 Å². The largest absolute Gasteiger partial charge is 0.352 e. The van der Waals surface area contributed by atoms with E-state index in [-0.39, 0.29) is 29.2 Å². The number of unbranched alkanes of at least 4 members (excludes halogenated alkanes) is 1. The second-order valence-corrected chi connectivity index (χ2v) is 10.2. The molecule has 5 heteroatoms. The molecule has 164 valence electrons. The van der Waals surface area contributed by atoms with Crippen LogP contribution in [0.4, 0.5) is 4.39 Å². The van der Waals surface area contributed by atoms with E-state index >= 15 is 0 Å². The van der Waals surface area contributed by atoms with Gasteiger partial charge < -0.3 is 5.32 Å². The molecular formula is C24H40FN3O. The smallest absolute Gasteiger partial charge is 0.228 e. The Bertz CT molecular complexity index is 637. The van der Waals surface area contributed by atoms with E-state index < -0.39 is 12.1 Å². The summed E-state index contributed by atoms with van der Waals surface area (Å²) in [6.07, 6.45) is 5.40. The fraction of sp³-hybridized carbons (Fsp3) is 0.833. The molecule has 2 fully saturated rings. The lowest BCUT2D eigenvalue weighted by atomic mass is 9.52. The maximum absolute atomic E-state index is 14.7. The van der Waals surface area contributed by atoms with Gasteiger partial charge in [0, 0.05) is 25.6 Å². The van der Waals surface area contributed by atoms with E-state index in [2.05, 4.69) is 68.6 Å². The van der Waals surface area contributed by atoms with Crippen molar-refractivity contribution in [2.45, 2.75) is 98.7 Å². The molecule has 0 aromatic carbocycles. The third-order valence-electron chi connectivity index (χ3n) is 6.53. The molecule has 1 saturated heterocycles. The minimum Gasteiger partial charge on any atom is -0.352 e. The first-order valence-electron chi connectivity index (χ1n) is 11.3. The third-order valence-corrected chi connectivity index (χ3v) is 6.53. The first-order chi connectivity index (χ1) is 13.6. The number of rotatable bonds is 7. The molecule has 0 aromatic heterocycles. The van der Waals surface area contributed by atoms with Crippen LogP contribution >= 0.6 is 0 Å². The molecule has 1 aliphatic carbocycles. The van der Waals surface area contributed by atoms with E-state index in [1.807, 2.05) is 0 Å². The Kier molecular flexibility index (Phi) is 8.28. The fourth-order valence-electron chi connectivity index (χ4n) is 5.32. The molecule has 2 rings (SSSR count). The maximum Gasteiger partial charge on any atom is 0.228 e. The van der Waals surface area contributed by atoms with Crippen molar-refractivity contribution in [1.82, 2.24) is 10.2 Å². The van der Waals surface area contributed by atoms with E-state index in [4.69, 9.17) is 0 Å². The van der Waals surface area contributed by atoms with Gasteiger partial charge in [0.1, 0.15) is 0 Å². The average molecular weight is 406 g/mol. The lowest BCUT2D eigenvalue weighted by Gasteiger charge is -2.57. The normalized spacial score (nSPS) is 23.6. The summed E-state index contributed by atoms with van der Waals surface area (Å²) in [4.78, 5) is 18.8. The molecule has 1 amide bonds. The van der Waals surface area contributed by atoms with Crippen molar-refractivity contribution in [2.75, 3.05) is 13.1 Å². The molecule has 29 heavy (non-hydrogen) atoms. The summed E-state index contributed by atoms with van der Waals surface area (Å²) in [6, 6.07) is 0.0588. The second-order valence-electron chi connectivity index (χ2n) is 10.2. The van der Waals surface area contributed by atoms with Crippen molar-refractivity contribution in [3.63, 3.8) is 0 Å². The van der Waals surface area contributed by atoms with Crippen LogP contribution in [0.2, 0.25) is 0 Å². The topological polar surface area (TPSA) is 44.7 Å². The number of hydrogen-bond donors (Lipinski definition) is 1. The fourth-order valence-corrected chi connectivity index (χ4v) is 5.32. The van der Waals surface area contributed by atoms with E-state index in [0.717, 1.165) is 51.1 Å². The standard InChI is InChI=1S/C24H40FN3O/c1-7-9-10-11-20(28-14-12-18(8-2)13-15-28)26-19(25)16-21(29)27-22-23(3,4)17-24(22,5)6/h18,20,22H,7-9,12-17H2,1-6H3,(H,27,29)/b26-19+. The van der Waals surface area contributed by atoms with Crippen LogP contribution in [0.15, 0.2) is 4.99 Å². The first-order valence-corrected chi connectivity index (χ1v) is 11.3. The molecule has 0 radical (unpaired) electrons. The maximum atomic E-state index is 14.7. The Morgan fingerprint density at radius 1 is 1.21 bits per heavy atom. The van der Waals surface area contributed by atoms with Gasteiger partial charge in [-0.25, -0.2) is 4.99 Å². The average Bonchev–Trinajstić information content (AvgIpc) is 2.64.